The molecule has 1 aliphatic heterocycles. The lowest BCUT2D eigenvalue weighted by molar-refractivity contribution is 0.764. The van der Waals surface area contributed by atoms with Gasteiger partial charge < -0.3 is 5.32 Å². The Morgan fingerprint density at radius 2 is 0.754 bits per heavy atom. The zero-order valence-electron chi connectivity index (χ0n) is 31.0. The summed E-state index contributed by atoms with van der Waals surface area (Å²) in [5, 5.41) is 8.40. The SMILES string of the molecule is c1ccc(C2=NC(c3c(-c4cccc5c4-c4ccccc4C54c5ccccc5-c5ccccc54)c4ccccc4c4ccccc34)N=C(c3ccccc3)N2)cc1. The first-order valence-electron chi connectivity index (χ1n) is 19.7. The van der Waals surface area contributed by atoms with E-state index in [1.165, 1.54) is 71.8 Å². The van der Waals surface area contributed by atoms with Crippen molar-refractivity contribution in [1.29, 1.82) is 0 Å². The van der Waals surface area contributed by atoms with Crippen LogP contribution in [0.15, 0.2) is 210 Å². The Kier molecular flexibility index (Phi) is 6.91. The Labute approximate surface area is 331 Å². The second-order valence-corrected chi connectivity index (χ2v) is 15.2. The average molecular weight is 726 g/mol. The third kappa shape index (κ3) is 4.48. The first-order valence-corrected chi connectivity index (χ1v) is 19.7. The van der Waals surface area contributed by atoms with Gasteiger partial charge in [0.25, 0.3) is 0 Å². The van der Waals surface area contributed by atoms with E-state index in [2.05, 4.69) is 193 Å². The highest BCUT2D eigenvalue weighted by atomic mass is 15.2. The van der Waals surface area contributed by atoms with Crippen molar-refractivity contribution in [2.45, 2.75) is 11.6 Å². The molecule has 0 saturated carbocycles. The predicted molar refractivity (Wildman–Crippen MR) is 235 cm³/mol. The van der Waals surface area contributed by atoms with Crippen LogP contribution in [0.25, 0.3) is 54.9 Å². The zero-order valence-corrected chi connectivity index (χ0v) is 31.0. The Morgan fingerprint density at radius 3 is 1.35 bits per heavy atom. The molecule has 3 nitrogen and oxygen atoms in total. The van der Waals surface area contributed by atoms with E-state index in [-0.39, 0.29) is 0 Å². The van der Waals surface area contributed by atoms with Crippen LogP contribution in [0, 0.1) is 0 Å². The van der Waals surface area contributed by atoms with Crippen LogP contribution in [0.5, 0.6) is 0 Å². The Hall–Kier alpha value is -7.36. The van der Waals surface area contributed by atoms with E-state index in [0.717, 1.165) is 33.7 Å². The Balaban J connectivity index is 1.22. The monoisotopic (exact) mass is 725 g/mol. The molecule has 1 spiro atoms. The smallest absolute Gasteiger partial charge is 0.171 e. The summed E-state index contributed by atoms with van der Waals surface area (Å²) in [5.74, 6) is 1.61. The van der Waals surface area contributed by atoms with Gasteiger partial charge >= 0.3 is 0 Å². The Bertz CT molecular complexity index is 3060. The fourth-order valence-corrected chi connectivity index (χ4v) is 10.1. The molecule has 57 heavy (non-hydrogen) atoms. The van der Waals surface area contributed by atoms with E-state index >= 15 is 0 Å². The first kappa shape index (κ1) is 31.9. The maximum absolute atomic E-state index is 5.53. The predicted octanol–water partition coefficient (Wildman–Crippen LogP) is 12.5. The van der Waals surface area contributed by atoms with Gasteiger partial charge in [-0.25, -0.2) is 9.98 Å². The summed E-state index contributed by atoms with van der Waals surface area (Å²) >= 11 is 0. The fourth-order valence-electron chi connectivity index (χ4n) is 10.1. The molecule has 0 fully saturated rings. The highest BCUT2D eigenvalue weighted by Gasteiger charge is 2.52. The van der Waals surface area contributed by atoms with Crippen LogP contribution in [0.3, 0.4) is 0 Å². The molecule has 0 amide bonds. The maximum Gasteiger partial charge on any atom is 0.171 e. The summed E-state index contributed by atoms with van der Waals surface area (Å²) in [6, 6.07) is 72.7. The largest absolute Gasteiger partial charge is 0.324 e. The molecule has 1 heterocycles. The maximum atomic E-state index is 5.53. The molecule has 0 atom stereocenters. The minimum atomic E-state index is -0.532. The summed E-state index contributed by atoms with van der Waals surface area (Å²) in [6.07, 6.45) is -0.532. The van der Waals surface area contributed by atoms with Gasteiger partial charge in [0.05, 0.1) is 5.41 Å². The minimum Gasteiger partial charge on any atom is -0.324 e. The van der Waals surface area contributed by atoms with E-state index in [1.54, 1.807) is 0 Å². The molecule has 266 valence electrons. The van der Waals surface area contributed by atoms with Crippen molar-refractivity contribution in [2.75, 3.05) is 0 Å². The molecule has 0 saturated heterocycles. The summed E-state index contributed by atoms with van der Waals surface area (Å²) < 4.78 is 0. The van der Waals surface area contributed by atoms with Crippen LogP contribution in [-0.2, 0) is 5.41 Å². The standard InChI is InChI=1S/C54H35N3/c1-3-18-34(19-4-1)51-55-52(35-20-5-2-6-21-35)57-53(56-51)50-41-27-10-8-23-37(41)36-22-7-9-26-40(36)49(50)43-29-17-33-47-48(43)42-28-13-16-32-46(42)54(47)44-30-14-11-24-38(44)39-25-12-15-31-45(39)54/h1-33,53H,(H,55,56,57). The van der Waals surface area contributed by atoms with E-state index in [0.29, 0.717) is 0 Å². The lowest BCUT2D eigenvalue weighted by Crippen LogP contribution is -2.36. The third-order valence-corrected chi connectivity index (χ3v) is 12.4. The molecule has 1 N–H and O–H groups in total. The van der Waals surface area contributed by atoms with Crippen molar-refractivity contribution < 1.29 is 0 Å². The second kappa shape index (κ2) is 12.3. The number of amidine groups is 2. The van der Waals surface area contributed by atoms with E-state index in [1.807, 2.05) is 12.1 Å². The van der Waals surface area contributed by atoms with Crippen LogP contribution in [0.2, 0.25) is 0 Å². The molecule has 0 aromatic heterocycles. The molecule has 0 bridgehead atoms. The molecular weight excluding hydrogens is 691 g/mol. The van der Waals surface area contributed by atoms with E-state index < -0.39 is 11.6 Å². The van der Waals surface area contributed by atoms with Crippen LogP contribution >= 0.6 is 0 Å². The zero-order chi connectivity index (χ0) is 37.5. The van der Waals surface area contributed by atoms with E-state index in [4.69, 9.17) is 9.98 Å². The number of hydrogen-bond acceptors (Lipinski definition) is 3. The molecule has 3 aliphatic rings. The number of aliphatic imine (C=N–C) groups is 2. The number of hydrogen-bond donors (Lipinski definition) is 1. The normalized spacial score (nSPS) is 14.7. The summed E-state index contributed by atoms with van der Waals surface area (Å²) in [7, 11) is 0. The molecule has 0 unspecified atom stereocenters. The van der Waals surface area contributed by atoms with Crippen molar-refractivity contribution in [1.82, 2.24) is 5.32 Å². The topological polar surface area (TPSA) is 36.8 Å². The van der Waals surface area contributed by atoms with Crippen molar-refractivity contribution >= 4 is 33.2 Å². The van der Waals surface area contributed by atoms with Gasteiger partial charge in [-0.05, 0) is 77.2 Å². The number of nitrogens with one attached hydrogen (secondary N) is 1. The minimum absolute atomic E-state index is 0.450. The van der Waals surface area contributed by atoms with Gasteiger partial charge in [-0.3, -0.25) is 0 Å². The number of benzene rings is 9. The lowest BCUT2D eigenvalue weighted by atomic mass is 9.70. The third-order valence-electron chi connectivity index (χ3n) is 12.4. The van der Waals surface area contributed by atoms with Gasteiger partial charge in [0.2, 0.25) is 0 Å². The summed E-state index contributed by atoms with van der Waals surface area (Å²) in [6.45, 7) is 0. The first-order chi connectivity index (χ1) is 28.3. The van der Waals surface area contributed by atoms with Gasteiger partial charge in [-0.15, -0.1) is 0 Å². The number of nitrogens with zero attached hydrogens (tertiary/aromatic N) is 2. The molecule has 9 aromatic carbocycles. The fraction of sp³-hybridized carbons (Fsp3) is 0.0370. The van der Waals surface area contributed by atoms with Crippen molar-refractivity contribution in [3.63, 3.8) is 0 Å². The second-order valence-electron chi connectivity index (χ2n) is 15.2. The van der Waals surface area contributed by atoms with Crippen molar-refractivity contribution in [2.24, 2.45) is 9.98 Å². The number of rotatable bonds is 4. The van der Waals surface area contributed by atoms with Crippen molar-refractivity contribution in [3.8, 4) is 33.4 Å². The molecule has 12 rings (SSSR count). The van der Waals surface area contributed by atoms with Crippen LogP contribution in [-0.4, -0.2) is 11.7 Å². The highest BCUT2D eigenvalue weighted by molar-refractivity contribution is 6.20. The summed E-state index contributed by atoms with van der Waals surface area (Å²) in [4.78, 5) is 11.1. The van der Waals surface area contributed by atoms with Gasteiger partial charge in [-0.2, -0.15) is 0 Å². The molecular formula is C54H35N3. The highest BCUT2D eigenvalue weighted by Crippen LogP contribution is 2.64. The Morgan fingerprint density at radius 1 is 0.333 bits per heavy atom. The molecule has 3 heteroatoms. The average Bonchev–Trinajstić information content (AvgIpc) is 3.77. The lowest BCUT2D eigenvalue weighted by Gasteiger charge is -2.30. The summed E-state index contributed by atoms with van der Waals surface area (Å²) in [5.41, 5.74) is 15.5. The number of fused-ring (bicyclic) bond motifs is 13. The van der Waals surface area contributed by atoms with Crippen molar-refractivity contribution in [3.05, 3.63) is 239 Å². The van der Waals surface area contributed by atoms with Crippen LogP contribution in [0.1, 0.15) is 45.1 Å². The van der Waals surface area contributed by atoms with Crippen LogP contribution in [0.4, 0.5) is 0 Å². The van der Waals surface area contributed by atoms with E-state index in [9.17, 15) is 0 Å². The van der Waals surface area contributed by atoms with Gasteiger partial charge in [-0.1, -0.05) is 200 Å². The quantitative estimate of drug-likeness (QED) is 0.180. The van der Waals surface area contributed by atoms with Gasteiger partial charge in [0.15, 0.2) is 6.17 Å². The van der Waals surface area contributed by atoms with Crippen LogP contribution < -0.4 is 5.32 Å². The molecule has 2 aliphatic carbocycles. The molecule has 9 aromatic rings. The van der Waals surface area contributed by atoms with Gasteiger partial charge in [0, 0.05) is 16.7 Å². The molecule has 0 radical (unpaired) electrons. The van der Waals surface area contributed by atoms with Gasteiger partial charge in [0.1, 0.15) is 11.7 Å².